The topological polar surface area (TPSA) is 3.24 Å². The summed E-state index contributed by atoms with van der Waals surface area (Å²) in [6.07, 6.45) is 1.22. The van der Waals surface area contributed by atoms with Crippen molar-refractivity contribution in [2.24, 2.45) is 0 Å². The lowest BCUT2D eigenvalue weighted by atomic mass is 9.84. The van der Waals surface area contributed by atoms with Crippen LogP contribution in [0.4, 0.5) is 0 Å². The highest BCUT2D eigenvalue weighted by molar-refractivity contribution is 5.36. The average molecular weight is 217 g/mol. The van der Waals surface area contributed by atoms with Gasteiger partial charge in [0.25, 0.3) is 0 Å². The van der Waals surface area contributed by atoms with Gasteiger partial charge in [0, 0.05) is 13.1 Å². The van der Waals surface area contributed by atoms with E-state index in [0.29, 0.717) is 0 Å². The smallest absolute Gasteiger partial charge is 0.0236 e. The molecule has 0 spiro atoms. The minimum Gasteiger partial charge on any atom is -0.299 e. The zero-order chi connectivity index (χ0) is 11.8. The molecular weight excluding hydrogens is 194 g/mol. The quantitative estimate of drug-likeness (QED) is 0.697. The predicted molar refractivity (Wildman–Crippen MR) is 69.8 cm³/mol. The molecule has 0 aliphatic carbocycles. The molecule has 0 aromatic heterocycles. The van der Waals surface area contributed by atoms with Gasteiger partial charge in [0.1, 0.15) is 0 Å². The third kappa shape index (κ3) is 2.30. The van der Waals surface area contributed by atoms with Crippen LogP contribution >= 0.6 is 0 Å². The molecule has 1 nitrogen and oxygen atoms in total. The zero-order valence-electron chi connectivity index (χ0n) is 11.0. The Morgan fingerprint density at radius 3 is 2.56 bits per heavy atom. The van der Waals surface area contributed by atoms with Crippen LogP contribution in [0.5, 0.6) is 0 Å². The summed E-state index contributed by atoms with van der Waals surface area (Å²) < 4.78 is 0. The van der Waals surface area contributed by atoms with Crippen molar-refractivity contribution in [2.75, 3.05) is 13.1 Å². The van der Waals surface area contributed by atoms with E-state index in [1.54, 1.807) is 11.1 Å². The summed E-state index contributed by atoms with van der Waals surface area (Å²) in [6.45, 7) is 12.6. The van der Waals surface area contributed by atoms with Gasteiger partial charge >= 0.3 is 0 Å². The van der Waals surface area contributed by atoms with Crippen LogP contribution in [0.15, 0.2) is 18.2 Å². The Labute approximate surface area is 99.5 Å². The van der Waals surface area contributed by atoms with Gasteiger partial charge in [-0.05, 0) is 35.1 Å². The lowest BCUT2D eigenvalue weighted by molar-refractivity contribution is 0.268. The van der Waals surface area contributed by atoms with Crippen LogP contribution < -0.4 is 0 Å². The van der Waals surface area contributed by atoms with Gasteiger partial charge in [0.2, 0.25) is 0 Å². The van der Waals surface area contributed by atoms with E-state index in [9.17, 15) is 0 Å². The van der Waals surface area contributed by atoms with Crippen molar-refractivity contribution in [3.8, 4) is 0 Å². The first kappa shape index (κ1) is 11.7. The van der Waals surface area contributed by atoms with Gasteiger partial charge in [-0.15, -0.1) is 0 Å². The molecule has 0 saturated heterocycles. The second kappa shape index (κ2) is 4.21. The van der Waals surface area contributed by atoms with Crippen molar-refractivity contribution < 1.29 is 0 Å². The van der Waals surface area contributed by atoms with E-state index in [4.69, 9.17) is 0 Å². The number of likely N-dealkylation sites (N-methyl/N-ethyl adjacent to an activating group) is 1. The van der Waals surface area contributed by atoms with Gasteiger partial charge in [-0.25, -0.2) is 0 Å². The molecule has 0 saturated carbocycles. The monoisotopic (exact) mass is 217 g/mol. The summed E-state index contributed by atoms with van der Waals surface area (Å²) in [7, 11) is 0. The lowest BCUT2D eigenvalue weighted by Crippen LogP contribution is -2.30. The first-order valence-corrected chi connectivity index (χ1v) is 6.35. The third-order valence-corrected chi connectivity index (χ3v) is 3.61. The van der Waals surface area contributed by atoms with Crippen LogP contribution in [-0.2, 0) is 18.4 Å². The van der Waals surface area contributed by atoms with E-state index in [0.717, 1.165) is 6.54 Å². The van der Waals surface area contributed by atoms with E-state index in [2.05, 4.69) is 50.8 Å². The van der Waals surface area contributed by atoms with Crippen molar-refractivity contribution in [2.45, 2.75) is 46.1 Å². The van der Waals surface area contributed by atoms with E-state index in [1.807, 2.05) is 0 Å². The molecule has 1 heteroatoms. The number of hydrogen-bond acceptors (Lipinski definition) is 1. The Bertz CT molecular complexity index is 374. The van der Waals surface area contributed by atoms with Crippen LogP contribution in [0, 0.1) is 0 Å². The molecule has 1 aromatic rings. The Hall–Kier alpha value is -0.820. The number of benzene rings is 1. The molecule has 0 radical (unpaired) electrons. The molecule has 1 aromatic carbocycles. The van der Waals surface area contributed by atoms with Gasteiger partial charge in [0.15, 0.2) is 0 Å². The molecule has 88 valence electrons. The highest BCUT2D eigenvalue weighted by Crippen LogP contribution is 2.27. The molecule has 1 aliphatic heterocycles. The Kier molecular flexibility index (Phi) is 3.07. The van der Waals surface area contributed by atoms with Crippen molar-refractivity contribution in [1.29, 1.82) is 0 Å². The van der Waals surface area contributed by atoms with Crippen molar-refractivity contribution >= 4 is 0 Å². The minimum atomic E-state index is 0.267. The summed E-state index contributed by atoms with van der Waals surface area (Å²) in [5, 5.41) is 0. The summed E-state index contributed by atoms with van der Waals surface area (Å²) in [6, 6.07) is 7.06. The maximum Gasteiger partial charge on any atom is 0.0236 e. The van der Waals surface area contributed by atoms with Crippen LogP contribution in [0.25, 0.3) is 0 Å². The Balaban J connectivity index is 2.31. The van der Waals surface area contributed by atoms with Gasteiger partial charge < -0.3 is 0 Å². The van der Waals surface area contributed by atoms with Gasteiger partial charge in [-0.1, -0.05) is 45.9 Å². The third-order valence-electron chi connectivity index (χ3n) is 3.61. The van der Waals surface area contributed by atoms with Crippen LogP contribution in [0.3, 0.4) is 0 Å². The Morgan fingerprint density at radius 2 is 1.94 bits per heavy atom. The van der Waals surface area contributed by atoms with E-state index in [-0.39, 0.29) is 5.41 Å². The number of hydrogen-bond donors (Lipinski definition) is 0. The fourth-order valence-electron chi connectivity index (χ4n) is 2.35. The molecule has 0 atom stereocenters. The molecule has 1 aliphatic rings. The molecule has 1 heterocycles. The maximum absolute atomic E-state index is 2.52. The van der Waals surface area contributed by atoms with Crippen molar-refractivity contribution in [3.63, 3.8) is 0 Å². The standard InChI is InChI=1S/C15H23N/c1-5-16-9-8-12-6-7-14(15(2,3)4)10-13(12)11-16/h6-7,10H,5,8-9,11H2,1-4H3. The van der Waals surface area contributed by atoms with Gasteiger partial charge in [-0.3, -0.25) is 4.90 Å². The number of fused-ring (bicyclic) bond motifs is 1. The van der Waals surface area contributed by atoms with Crippen LogP contribution in [-0.4, -0.2) is 18.0 Å². The Morgan fingerprint density at radius 1 is 1.19 bits per heavy atom. The summed E-state index contributed by atoms with van der Waals surface area (Å²) in [4.78, 5) is 2.52. The SMILES string of the molecule is CCN1CCc2ccc(C(C)(C)C)cc2C1. The molecule has 0 unspecified atom stereocenters. The number of nitrogens with zero attached hydrogens (tertiary/aromatic N) is 1. The highest BCUT2D eigenvalue weighted by atomic mass is 15.1. The first-order valence-electron chi connectivity index (χ1n) is 6.35. The molecule has 2 rings (SSSR count). The first-order chi connectivity index (χ1) is 7.50. The summed E-state index contributed by atoms with van der Waals surface area (Å²) in [5.41, 5.74) is 4.83. The van der Waals surface area contributed by atoms with Gasteiger partial charge in [-0.2, -0.15) is 0 Å². The summed E-state index contributed by atoms with van der Waals surface area (Å²) in [5.74, 6) is 0. The average Bonchev–Trinajstić information content (AvgIpc) is 2.26. The second-order valence-electron chi connectivity index (χ2n) is 5.85. The van der Waals surface area contributed by atoms with Crippen LogP contribution in [0.1, 0.15) is 44.4 Å². The summed E-state index contributed by atoms with van der Waals surface area (Å²) >= 11 is 0. The van der Waals surface area contributed by atoms with E-state index >= 15 is 0 Å². The molecule has 0 N–H and O–H groups in total. The van der Waals surface area contributed by atoms with Crippen molar-refractivity contribution in [1.82, 2.24) is 4.90 Å². The van der Waals surface area contributed by atoms with Crippen molar-refractivity contribution in [3.05, 3.63) is 34.9 Å². The van der Waals surface area contributed by atoms with Gasteiger partial charge in [0.05, 0.1) is 0 Å². The molecule has 16 heavy (non-hydrogen) atoms. The molecular formula is C15H23N. The lowest BCUT2D eigenvalue weighted by Gasteiger charge is -2.29. The minimum absolute atomic E-state index is 0.267. The largest absolute Gasteiger partial charge is 0.299 e. The second-order valence-corrected chi connectivity index (χ2v) is 5.85. The molecule has 0 fully saturated rings. The fraction of sp³-hybridized carbons (Fsp3) is 0.600. The van der Waals surface area contributed by atoms with Crippen LogP contribution in [0.2, 0.25) is 0 Å². The zero-order valence-corrected chi connectivity index (χ0v) is 11.0. The highest BCUT2D eigenvalue weighted by Gasteiger charge is 2.19. The fourth-order valence-corrected chi connectivity index (χ4v) is 2.35. The predicted octanol–water partition coefficient (Wildman–Crippen LogP) is 3.36. The van der Waals surface area contributed by atoms with E-state index < -0.39 is 0 Å². The molecule has 0 amide bonds. The molecule has 0 bridgehead atoms. The maximum atomic E-state index is 2.52. The number of rotatable bonds is 1. The van der Waals surface area contributed by atoms with E-state index in [1.165, 1.54) is 25.1 Å². The normalized spacial score (nSPS) is 17.2.